The highest BCUT2D eigenvalue weighted by Crippen LogP contribution is 2.21. The van der Waals surface area contributed by atoms with Crippen molar-refractivity contribution in [1.82, 2.24) is 4.31 Å². The first kappa shape index (κ1) is 16.4. The molecule has 0 bridgehead atoms. The van der Waals surface area contributed by atoms with Crippen molar-refractivity contribution in [3.63, 3.8) is 0 Å². The minimum Gasteiger partial charge on any atom is -0.466 e. The molecule has 0 saturated carbocycles. The molecule has 1 saturated heterocycles. The summed E-state index contributed by atoms with van der Waals surface area (Å²) < 4.78 is 35.4. The Labute approximate surface area is 115 Å². The molecule has 0 amide bonds. The molecule has 0 spiro atoms. The number of carbonyl (C=O) groups is 1. The van der Waals surface area contributed by atoms with Gasteiger partial charge in [-0.2, -0.15) is 0 Å². The summed E-state index contributed by atoms with van der Waals surface area (Å²) in [7, 11) is -1.75. The smallest absolute Gasteiger partial charge is 0.310 e. The van der Waals surface area contributed by atoms with Crippen LogP contribution in [0.15, 0.2) is 0 Å². The second-order valence-corrected chi connectivity index (χ2v) is 6.70. The second-order valence-electron chi connectivity index (χ2n) is 4.61. The summed E-state index contributed by atoms with van der Waals surface area (Å²) in [6, 6.07) is 0. The maximum atomic E-state index is 12.1. The number of nitrogens with zero attached hydrogens (tertiary/aromatic N) is 1. The predicted octanol–water partition coefficient (Wildman–Crippen LogP) is 0.628. The zero-order chi connectivity index (χ0) is 14.3. The van der Waals surface area contributed by atoms with Crippen LogP contribution < -0.4 is 0 Å². The number of piperidine rings is 1. The first-order valence-electron chi connectivity index (χ1n) is 6.64. The monoisotopic (exact) mass is 293 g/mol. The zero-order valence-corrected chi connectivity index (χ0v) is 12.4. The Morgan fingerprint density at radius 1 is 1.42 bits per heavy atom. The highest BCUT2D eigenvalue weighted by Gasteiger charge is 2.32. The van der Waals surface area contributed by atoms with Crippen molar-refractivity contribution in [2.24, 2.45) is 5.92 Å². The van der Waals surface area contributed by atoms with Gasteiger partial charge in [0, 0.05) is 26.8 Å². The number of methoxy groups -OCH3 is 1. The van der Waals surface area contributed by atoms with Gasteiger partial charge in [-0.3, -0.25) is 4.79 Å². The molecule has 0 N–H and O–H groups in total. The molecule has 19 heavy (non-hydrogen) atoms. The second kappa shape index (κ2) is 7.81. The number of hydrogen-bond acceptors (Lipinski definition) is 5. The van der Waals surface area contributed by atoms with E-state index in [0.717, 1.165) is 0 Å². The molecule has 112 valence electrons. The SMILES string of the molecule is CCOC(=O)[C@@H]1CCCN(S(=O)(=O)CCCOC)C1. The minimum absolute atomic E-state index is 0.0659. The Balaban J connectivity index is 2.55. The Morgan fingerprint density at radius 3 is 2.79 bits per heavy atom. The molecule has 0 radical (unpaired) electrons. The van der Waals surface area contributed by atoms with Crippen molar-refractivity contribution in [2.45, 2.75) is 26.2 Å². The van der Waals surface area contributed by atoms with Gasteiger partial charge < -0.3 is 9.47 Å². The van der Waals surface area contributed by atoms with Crippen LogP contribution in [0, 0.1) is 5.92 Å². The number of sulfonamides is 1. The van der Waals surface area contributed by atoms with Crippen LogP contribution in [0.3, 0.4) is 0 Å². The van der Waals surface area contributed by atoms with Gasteiger partial charge in [-0.15, -0.1) is 0 Å². The van der Waals surface area contributed by atoms with Gasteiger partial charge in [0.2, 0.25) is 10.0 Å². The van der Waals surface area contributed by atoms with Crippen LogP contribution in [-0.2, 0) is 24.3 Å². The van der Waals surface area contributed by atoms with E-state index < -0.39 is 10.0 Å². The van der Waals surface area contributed by atoms with Crippen LogP contribution in [0.4, 0.5) is 0 Å². The third kappa shape index (κ3) is 5.08. The van der Waals surface area contributed by atoms with E-state index >= 15 is 0 Å². The topological polar surface area (TPSA) is 72.9 Å². The molecular formula is C12H23NO5S. The fraction of sp³-hybridized carbons (Fsp3) is 0.917. The predicted molar refractivity (Wildman–Crippen MR) is 71.2 cm³/mol. The quantitative estimate of drug-likeness (QED) is 0.508. The summed E-state index contributed by atoms with van der Waals surface area (Å²) in [5.41, 5.74) is 0. The Morgan fingerprint density at radius 2 is 2.16 bits per heavy atom. The van der Waals surface area contributed by atoms with E-state index in [2.05, 4.69) is 0 Å². The third-order valence-electron chi connectivity index (χ3n) is 3.15. The maximum Gasteiger partial charge on any atom is 0.310 e. The fourth-order valence-electron chi connectivity index (χ4n) is 2.16. The van der Waals surface area contributed by atoms with E-state index in [-0.39, 0.29) is 24.2 Å². The largest absolute Gasteiger partial charge is 0.466 e. The molecule has 1 aliphatic heterocycles. The lowest BCUT2D eigenvalue weighted by atomic mass is 10.0. The van der Waals surface area contributed by atoms with Gasteiger partial charge in [-0.1, -0.05) is 0 Å². The Bertz CT molecular complexity index is 382. The van der Waals surface area contributed by atoms with Gasteiger partial charge >= 0.3 is 5.97 Å². The first-order chi connectivity index (χ1) is 9.01. The molecule has 1 heterocycles. The van der Waals surface area contributed by atoms with E-state index in [1.165, 1.54) is 4.31 Å². The molecule has 0 aromatic rings. The average Bonchev–Trinajstić information content (AvgIpc) is 2.39. The molecule has 1 aliphatic rings. The molecule has 7 heteroatoms. The number of hydrogen-bond donors (Lipinski definition) is 0. The highest BCUT2D eigenvalue weighted by molar-refractivity contribution is 7.89. The Kier molecular flexibility index (Phi) is 6.74. The lowest BCUT2D eigenvalue weighted by Gasteiger charge is -2.30. The number of rotatable bonds is 7. The highest BCUT2D eigenvalue weighted by atomic mass is 32.2. The van der Waals surface area contributed by atoms with Gasteiger partial charge in [-0.05, 0) is 26.2 Å². The Hall–Kier alpha value is -0.660. The van der Waals surface area contributed by atoms with E-state index in [1.807, 2.05) is 0 Å². The fourth-order valence-corrected chi connectivity index (χ4v) is 3.72. The van der Waals surface area contributed by atoms with Crippen molar-refractivity contribution in [3.05, 3.63) is 0 Å². The molecular weight excluding hydrogens is 270 g/mol. The molecule has 0 aromatic carbocycles. The van der Waals surface area contributed by atoms with Gasteiger partial charge in [0.25, 0.3) is 0 Å². The van der Waals surface area contributed by atoms with Gasteiger partial charge in [0.1, 0.15) is 0 Å². The average molecular weight is 293 g/mol. The summed E-state index contributed by atoms with van der Waals surface area (Å²) in [5.74, 6) is -0.554. The van der Waals surface area contributed by atoms with Crippen LogP contribution in [0.25, 0.3) is 0 Å². The number of esters is 1. The van der Waals surface area contributed by atoms with Crippen LogP contribution in [0.1, 0.15) is 26.2 Å². The zero-order valence-electron chi connectivity index (χ0n) is 11.6. The number of carbonyl (C=O) groups excluding carboxylic acids is 1. The van der Waals surface area contributed by atoms with Crippen LogP contribution in [-0.4, -0.2) is 57.9 Å². The van der Waals surface area contributed by atoms with Gasteiger partial charge in [0.15, 0.2) is 0 Å². The van der Waals surface area contributed by atoms with E-state index in [4.69, 9.17) is 9.47 Å². The molecule has 1 fully saturated rings. The summed E-state index contributed by atoms with van der Waals surface area (Å²) >= 11 is 0. The van der Waals surface area contributed by atoms with Crippen molar-refractivity contribution >= 4 is 16.0 Å². The third-order valence-corrected chi connectivity index (χ3v) is 5.07. The van der Waals surface area contributed by atoms with E-state index in [0.29, 0.717) is 39.0 Å². The van der Waals surface area contributed by atoms with Crippen molar-refractivity contribution < 1.29 is 22.7 Å². The molecule has 0 aromatic heterocycles. The first-order valence-corrected chi connectivity index (χ1v) is 8.25. The van der Waals surface area contributed by atoms with Gasteiger partial charge in [0.05, 0.1) is 18.3 Å². The normalized spacial score (nSPS) is 21.3. The van der Waals surface area contributed by atoms with Crippen LogP contribution in [0.5, 0.6) is 0 Å². The van der Waals surface area contributed by atoms with Crippen LogP contribution in [0.2, 0.25) is 0 Å². The maximum absolute atomic E-state index is 12.1. The lowest BCUT2D eigenvalue weighted by Crippen LogP contribution is -2.43. The standard InChI is InChI=1S/C12H23NO5S/c1-3-18-12(14)11-6-4-7-13(10-11)19(15,16)9-5-8-17-2/h11H,3-10H2,1-2H3/t11-/m1/s1. The van der Waals surface area contributed by atoms with Crippen molar-refractivity contribution in [3.8, 4) is 0 Å². The minimum atomic E-state index is -3.29. The summed E-state index contributed by atoms with van der Waals surface area (Å²) in [4.78, 5) is 11.7. The van der Waals surface area contributed by atoms with Crippen molar-refractivity contribution in [1.29, 1.82) is 0 Å². The van der Waals surface area contributed by atoms with E-state index in [1.54, 1.807) is 14.0 Å². The van der Waals surface area contributed by atoms with E-state index in [9.17, 15) is 13.2 Å². The van der Waals surface area contributed by atoms with Crippen LogP contribution >= 0.6 is 0 Å². The lowest BCUT2D eigenvalue weighted by molar-refractivity contribution is -0.149. The molecule has 0 unspecified atom stereocenters. The molecule has 6 nitrogen and oxygen atoms in total. The molecule has 1 atom stereocenters. The number of ether oxygens (including phenoxy) is 2. The van der Waals surface area contributed by atoms with Crippen molar-refractivity contribution in [2.75, 3.05) is 39.2 Å². The summed E-state index contributed by atoms with van der Waals surface area (Å²) in [5, 5.41) is 0. The molecule has 1 rings (SSSR count). The van der Waals surface area contributed by atoms with Gasteiger partial charge in [-0.25, -0.2) is 12.7 Å². The summed E-state index contributed by atoms with van der Waals surface area (Å²) in [6.07, 6.45) is 1.87. The summed E-state index contributed by atoms with van der Waals surface area (Å²) in [6.45, 7) is 3.24. The molecule has 0 aliphatic carbocycles.